The average Bonchev–Trinajstić information content (AvgIpc) is 2.67. The Morgan fingerprint density at radius 1 is 1.13 bits per heavy atom. The summed E-state index contributed by atoms with van der Waals surface area (Å²) < 4.78 is 21.7. The van der Waals surface area contributed by atoms with Crippen molar-refractivity contribution in [3.63, 3.8) is 0 Å². The first-order valence-corrected chi connectivity index (χ1v) is 10.5. The maximum atomic E-state index is 11.8. The zero-order valence-corrected chi connectivity index (χ0v) is 19.0. The maximum absolute atomic E-state index is 11.8. The van der Waals surface area contributed by atoms with Gasteiger partial charge in [-0.05, 0) is 23.7 Å². The lowest BCUT2D eigenvalue weighted by Crippen LogP contribution is -2.59. The predicted octanol–water partition coefficient (Wildman–Crippen LogP) is 3.92. The van der Waals surface area contributed by atoms with Gasteiger partial charge in [-0.25, -0.2) is 0 Å². The van der Waals surface area contributed by atoms with E-state index < -0.39 is 47.7 Å². The van der Waals surface area contributed by atoms with E-state index in [4.69, 9.17) is 47.7 Å². The van der Waals surface area contributed by atoms with Crippen LogP contribution in [0.25, 0.3) is 10.4 Å². The molecule has 10 nitrogen and oxygen atoms in total. The van der Waals surface area contributed by atoms with Gasteiger partial charge in [-0.3, -0.25) is 14.4 Å². The number of ether oxygens (including phenoxy) is 4. The Kier molecular flexibility index (Phi) is 9.27. The zero-order valence-electron chi connectivity index (χ0n) is 16.7. The number of nitrogens with zero attached hydrogens (tertiary/aromatic N) is 3. The molecule has 1 aliphatic heterocycles. The molecule has 1 fully saturated rings. The van der Waals surface area contributed by atoms with Crippen LogP contribution in [0, 0.1) is 0 Å². The molecule has 0 aromatic heterocycles. The van der Waals surface area contributed by atoms with E-state index in [0.717, 1.165) is 18.7 Å². The molecule has 0 bridgehead atoms. The van der Waals surface area contributed by atoms with Crippen LogP contribution in [0.3, 0.4) is 0 Å². The second-order valence-electron chi connectivity index (χ2n) is 6.38. The minimum Gasteiger partial charge on any atom is -0.463 e. The monoisotopic (exact) mass is 491 g/mol. The Morgan fingerprint density at radius 2 is 1.77 bits per heavy atom. The molecule has 0 spiro atoms. The number of hydrogen-bond acceptors (Lipinski definition) is 9. The number of carbonyl (C=O) groups excluding carboxylic acids is 3. The van der Waals surface area contributed by atoms with Crippen LogP contribution in [0.1, 0.15) is 20.8 Å². The molecular weight excluding hydrogens is 473 g/mol. The summed E-state index contributed by atoms with van der Waals surface area (Å²) in [7, 11) is 0. The summed E-state index contributed by atoms with van der Waals surface area (Å²) in [5, 5.41) is 4.46. The summed E-state index contributed by atoms with van der Waals surface area (Å²) in [5.41, 5.74) is 8.13. The predicted molar refractivity (Wildman–Crippen MR) is 112 cm³/mol. The van der Waals surface area contributed by atoms with E-state index in [1.54, 1.807) is 18.2 Å². The van der Waals surface area contributed by atoms with E-state index >= 15 is 0 Å². The Labute approximate surface area is 192 Å². The van der Waals surface area contributed by atoms with Crippen molar-refractivity contribution in [1.29, 1.82) is 0 Å². The minimum absolute atomic E-state index is 0.294. The third kappa shape index (κ3) is 7.19. The molecule has 5 atom stereocenters. The molecule has 2 unspecified atom stereocenters. The van der Waals surface area contributed by atoms with E-state index in [1.807, 2.05) is 0 Å². The lowest BCUT2D eigenvalue weighted by molar-refractivity contribution is -0.201. The summed E-state index contributed by atoms with van der Waals surface area (Å²) >= 11 is 13.4. The summed E-state index contributed by atoms with van der Waals surface area (Å²) in [4.78, 5) is 38.0. The van der Waals surface area contributed by atoms with Crippen LogP contribution in [0.2, 0.25) is 10.0 Å². The van der Waals surface area contributed by atoms with Gasteiger partial charge in [-0.1, -0.05) is 40.1 Å². The second-order valence-corrected chi connectivity index (χ2v) is 8.37. The second kappa shape index (κ2) is 11.4. The highest BCUT2D eigenvalue weighted by molar-refractivity contribution is 8.00. The van der Waals surface area contributed by atoms with Gasteiger partial charge in [0, 0.05) is 35.6 Å². The van der Waals surface area contributed by atoms with E-state index in [-0.39, 0.29) is 6.61 Å². The Bertz CT molecular complexity index is 897. The molecule has 1 aliphatic rings. The number of rotatable bonds is 7. The SMILES string of the molecule is CC(=O)OCC1O[C@H](Sc2cc(Cl)ccc2Cl)[C@@H](OC(C)=O)C(N=[N+]=[N-])[C@H]1OC(C)=O. The summed E-state index contributed by atoms with van der Waals surface area (Å²) in [6, 6.07) is 3.61. The smallest absolute Gasteiger partial charge is 0.303 e. The molecule has 1 aromatic rings. The van der Waals surface area contributed by atoms with Crippen LogP contribution in [0.5, 0.6) is 0 Å². The van der Waals surface area contributed by atoms with Gasteiger partial charge < -0.3 is 18.9 Å². The van der Waals surface area contributed by atoms with Crippen molar-refractivity contribution in [3.8, 4) is 0 Å². The molecule has 0 N–H and O–H groups in total. The number of halogens is 2. The summed E-state index contributed by atoms with van der Waals surface area (Å²) in [5.74, 6) is -1.95. The molecule has 168 valence electrons. The molecule has 31 heavy (non-hydrogen) atoms. The number of benzene rings is 1. The van der Waals surface area contributed by atoms with Gasteiger partial charge in [0.1, 0.15) is 36.4 Å². The van der Waals surface area contributed by atoms with Gasteiger partial charge >= 0.3 is 17.9 Å². The van der Waals surface area contributed by atoms with Crippen molar-refractivity contribution in [2.45, 2.75) is 55.5 Å². The molecule has 1 saturated heterocycles. The van der Waals surface area contributed by atoms with Crippen LogP contribution < -0.4 is 0 Å². The molecular formula is C18H19Cl2N3O7S. The first-order valence-electron chi connectivity index (χ1n) is 8.91. The van der Waals surface area contributed by atoms with Crippen molar-refractivity contribution in [1.82, 2.24) is 0 Å². The van der Waals surface area contributed by atoms with Crippen LogP contribution in [0.4, 0.5) is 0 Å². The van der Waals surface area contributed by atoms with Crippen molar-refractivity contribution in [2.75, 3.05) is 6.61 Å². The maximum Gasteiger partial charge on any atom is 0.303 e. The van der Waals surface area contributed by atoms with Gasteiger partial charge in [-0.15, -0.1) is 0 Å². The van der Waals surface area contributed by atoms with E-state index in [2.05, 4.69) is 10.0 Å². The Hall–Kier alpha value is -2.17. The lowest BCUT2D eigenvalue weighted by Gasteiger charge is -2.43. The molecule has 1 aromatic carbocycles. The third-order valence-corrected chi connectivity index (χ3v) is 5.87. The molecule has 0 aliphatic carbocycles. The summed E-state index contributed by atoms with van der Waals surface area (Å²) in [6.45, 7) is 3.24. The number of carbonyl (C=O) groups is 3. The fourth-order valence-corrected chi connectivity index (χ4v) is 4.52. The normalized spacial score (nSPS) is 25.1. The highest BCUT2D eigenvalue weighted by atomic mass is 35.5. The highest BCUT2D eigenvalue weighted by Gasteiger charge is 2.50. The quantitative estimate of drug-likeness (QED) is 0.184. The number of hydrogen-bond donors (Lipinski definition) is 0. The van der Waals surface area contributed by atoms with Gasteiger partial charge in [-0.2, -0.15) is 0 Å². The molecule has 0 saturated carbocycles. The van der Waals surface area contributed by atoms with E-state index in [1.165, 1.54) is 13.8 Å². The fraction of sp³-hybridized carbons (Fsp3) is 0.500. The van der Waals surface area contributed by atoms with Gasteiger partial charge in [0.25, 0.3) is 0 Å². The van der Waals surface area contributed by atoms with Crippen LogP contribution >= 0.6 is 35.0 Å². The zero-order chi connectivity index (χ0) is 23.1. The Morgan fingerprint density at radius 3 is 2.35 bits per heavy atom. The topological polar surface area (TPSA) is 137 Å². The molecule has 2 rings (SSSR count). The first kappa shape index (κ1) is 25.1. The van der Waals surface area contributed by atoms with Crippen molar-refractivity contribution >= 4 is 52.9 Å². The van der Waals surface area contributed by atoms with Crippen molar-refractivity contribution < 1.29 is 33.3 Å². The number of azide groups is 1. The standard InChI is InChI=1S/C18H19Cl2N3O7S/c1-8(24)27-7-13-16(28-9(2)25)15(22-23-21)17(29-10(3)26)18(30-13)31-14-6-11(19)4-5-12(14)20/h4-6,13,15-18H,7H2,1-3H3/t13?,15?,16-,17-,18+/m0/s1. The minimum atomic E-state index is -1.18. The van der Waals surface area contributed by atoms with E-state index in [9.17, 15) is 14.4 Å². The largest absolute Gasteiger partial charge is 0.463 e. The van der Waals surface area contributed by atoms with Crippen LogP contribution in [0.15, 0.2) is 28.2 Å². The van der Waals surface area contributed by atoms with E-state index in [0.29, 0.717) is 14.9 Å². The molecule has 0 radical (unpaired) electrons. The van der Waals surface area contributed by atoms with Gasteiger partial charge in [0.05, 0.1) is 5.02 Å². The number of thioether (sulfide) groups is 1. The van der Waals surface area contributed by atoms with Crippen LogP contribution in [-0.4, -0.2) is 54.3 Å². The lowest BCUT2D eigenvalue weighted by atomic mass is 9.97. The summed E-state index contributed by atoms with van der Waals surface area (Å²) in [6.07, 6.45) is -3.33. The van der Waals surface area contributed by atoms with Crippen molar-refractivity contribution in [3.05, 3.63) is 38.7 Å². The number of esters is 3. The van der Waals surface area contributed by atoms with Gasteiger partial charge in [0.2, 0.25) is 0 Å². The molecule has 13 heteroatoms. The molecule has 0 amide bonds. The Balaban J connectivity index is 2.47. The third-order valence-electron chi connectivity index (χ3n) is 3.99. The highest BCUT2D eigenvalue weighted by Crippen LogP contribution is 2.40. The molecule has 1 heterocycles. The first-order chi connectivity index (χ1) is 14.6. The fourth-order valence-electron chi connectivity index (χ4n) is 2.86. The van der Waals surface area contributed by atoms with Crippen LogP contribution in [-0.2, 0) is 33.3 Å². The average molecular weight is 492 g/mol. The van der Waals surface area contributed by atoms with Crippen molar-refractivity contribution in [2.24, 2.45) is 5.11 Å². The van der Waals surface area contributed by atoms with Gasteiger partial charge in [0.15, 0.2) is 0 Å².